The molecule has 47 heavy (non-hydrogen) atoms. The number of rotatable bonds is 12. The van der Waals surface area contributed by atoms with E-state index in [1.54, 1.807) is 12.1 Å². The average molecular weight is 721 g/mol. The molecule has 4 heterocycles. The SMILES string of the molecule is COP(=O)(O)OP(=O)(O)OP(=O)(O)OCC1OC([n+]2cn(Cc3ccc(-c4ccccc4)[nH]c3=O)c3c(=O)[nH]c(N)nc32)C(O)C1O. The summed E-state index contributed by atoms with van der Waals surface area (Å²) in [6.07, 6.45) is -5.45. The average Bonchev–Trinajstić information content (AvgIpc) is 3.48. The van der Waals surface area contributed by atoms with Crippen LogP contribution >= 0.6 is 23.5 Å². The first kappa shape index (κ1) is 34.9. The zero-order valence-electron chi connectivity index (χ0n) is 23.9. The summed E-state index contributed by atoms with van der Waals surface area (Å²) in [4.78, 5) is 63.7. The van der Waals surface area contributed by atoms with Gasteiger partial charge in [-0.05, 0) is 17.7 Å². The Kier molecular flexibility index (Phi) is 9.85. The van der Waals surface area contributed by atoms with Crippen molar-refractivity contribution in [1.82, 2.24) is 19.5 Å². The highest BCUT2D eigenvalue weighted by atomic mass is 31.3. The Morgan fingerprint density at radius 1 is 0.957 bits per heavy atom. The van der Waals surface area contributed by atoms with Crippen molar-refractivity contribution in [3.63, 3.8) is 0 Å². The van der Waals surface area contributed by atoms with Crippen LogP contribution in [0.2, 0.25) is 0 Å². The van der Waals surface area contributed by atoms with E-state index in [0.717, 1.165) is 10.1 Å². The zero-order chi connectivity index (χ0) is 34.3. The monoisotopic (exact) mass is 721 g/mol. The second-order valence-corrected chi connectivity index (χ2v) is 14.7. The van der Waals surface area contributed by atoms with Crippen LogP contribution in [0.1, 0.15) is 11.8 Å². The van der Waals surface area contributed by atoms with Crippen LogP contribution in [0.15, 0.2) is 58.4 Å². The lowest BCUT2D eigenvalue weighted by Gasteiger charge is -2.19. The molecule has 4 aromatic rings. The maximum absolute atomic E-state index is 13.0. The number of fused-ring (bicyclic) bond motifs is 1. The van der Waals surface area contributed by atoms with Crippen molar-refractivity contribution in [2.75, 3.05) is 19.5 Å². The number of hydrogen-bond donors (Lipinski definition) is 8. The van der Waals surface area contributed by atoms with Crippen LogP contribution in [0.25, 0.3) is 22.4 Å². The second-order valence-electron chi connectivity index (χ2n) is 9.96. The van der Waals surface area contributed by atoms with Crippen LogP contribution in [0, 0.1) is 0 Å². The smallest absolute Gasteiger partial charge is 0.387 e. The van der Waals surface area contributed by atoms with Gasteiger partial charge >= 0.3 is 29.1 Å². The minimum Gasteiger partial charge on any atom is -0.387 e. The van der Waals surface area contributed by atoms with Gasteiger partial charge in [0.15, 0.2) is 6.33 Å². The van der Waals surface area contributed by atoms with E-state index in [9.17, 15) is 48.2 Å². The first-order chi connectivity index (χ1) is 22.0. The van der Waals surface area contributed by atoms with Crippen molar-refractivity contribution in [1.29, 1.82) is 0 Å². The topological polar surface area (TPSA) is 312 Å². The number of nitrogens with one attached hydrogen (secondary N) is 2. The number of phosphoric ester groups is 2. The molecule has 1 aliphatic rings. The van der Waals surface area contributed by atoms with Crippen molar-refractivity contribution < 1.29 is 65.6 Å². The van der Waals surface area contributed by atoms with Gasteiger partial charge in [0.25, 0.3) is 17.1 Å². The molecule has 24 heteroatoms. The predicted octanol–water partition coefficient (Wildman–Crippen LogP) is -0.385. The molecule has 7 atom stereocenters. The molecule has 0 bridgehead atoms. The molecule has 254 valence electrons. The first-order valence-corrected chi connectivity index (χ1v) is 17.7. The van der Waals surface area contributed by atoms with Crippen LogP contribution in [0.5, 0.6) is 0 Å². The molecule has 1 aliphatic heterocycles. The molecule has 0 amide bonds. The van der Waals surface area contributed by atoms with Crippen molar-refractivity contribution in [2.45, 2.75) is 31.1 Å². The summed E-state index contributed by atoms with van der Waals surface area (Å²) in [5.41, 5.74) is 5.90. The molecule has 7 unspecified atom stereocenters. The molecule has 3 aromatic heterocycles. The summed E-state index contributed by atoms with van der Waals surface area (Å²) in [7, 11) is -15.7. The fourth-order valence-corrected chi connectivity index (χ4v) is 7.94. The predicted molar refractivity (Wildman–Crippen MR) is 157 cm³/mol. The minimum atomic E-state index is -5.70. The molecule has 9 N–H and O–H groups in total. The molecular weight excluding hydrogens is 693 g/mol. The lowest BCUT2D eigenvalue weighted by atomic mass is 10.1. The van der Waals surface area contributed by atoms with E-state index in [4.69, 9.17) is 10.5 Å². The van der Waals surface area contributed by atoms with Gasteiger partial charge in [-0.2, -0.15) is 8.62 Å². The Bertz CT molecular complexity index is 2050. The third-order valence-electron chi connectivity index (χ3n) is 6.76. The summed E-state index contributed by atoms with van der Waals surface area (Å²) in [5.74, 6) is -0.318. The second kappa shape index (κ2) is 13.3. The lowest BCUT2D eigenvalue weighted by Crippen LogP contribution is -2.46. The summed E-state index contributed by atoms with van der Waals surface area (Å²) >= 11 is 0. The standard InChI is InChI=1S/C23H27N6O15P3/c1-40-45(34,35)43-47(38,39)44-46(36,37)41-10-15-17(30)18(31)22(42-15)29-11-28(16-19(29)26-23(24)27-21(16)33)9-13-7-8-14(25-20(13)32)12-5-3-2-4-6-12/h2-8,11,15,17-18,22,30-31H,9-10H2,1H3,(H6-,24,25,26,27,32,33,34,35,36,37,38,39)/p+1. The van der Waals surface area contributed by atoms with E-state index in [2.05, 4.69) is 32.6 Å². The quantitative estimate of drug-likeness (QED) is 0.0682. The Morgan fingerprint density at radius 3 is 2.30 bits per heavy atom. The number of aromatic amines is 2. The van der Waals surface area contributed by atoms with E-state index in [-0.39, 0.29) is 29.2 Å². The number of H-pyrrole nitrogens is 2. The van der Waals surface area contributed by atoms with Crippen molar-refractivity contribution in [2.24, 2.45) is 0 Å². The number of ether oxygens (including phenoxy) is 1. The molecule has 5 rings (SSSR count). The number of phosphoric acid groups is 3. The summed E-state index contributed by atoms with van der Waals surface area (Å²) in [6, 6.07) is 12.3. The molecular formula is C23H28N6O15P3+. The van der Waals surface area contributed by atoms with Gasteiger partial charge in [-0.25, -0.2) is 18.3 Å². The lowest BCUT2D eigenvalue weighted by molar-refractivity contribution is -0.745. The van der Waals surface area contributed by atoms with Crippen molar-refractivity contribution in [3.8, 4) is 11.3 Å². The third-order valence-corrected chi connectivity index (χ3v) is 11.0. The summed E-state index contributed by atoms with van der Waals surface area (Å²) in [6.45, 7) is -1.21. The number of aliphatic hydroxyl groups is 2. The highest BCUT2D eigenvalue weighted by molar-refractivity contribution is 7.66. The maximum atomic E-state index is 13.0. The number of pyridine rings is 1. The highest BCUT2D eigenvalue weighted by Crippen LogP contribution is 2.67. The van der Waals surface area contributed by atoms with E-state index in [0.29, 0.717) is 12.8 Å². The molecule has 1 fully saturated rings. The van der Waals surface area contributed by atoms with Crippen LogP contribution in [-0.2, 0) is 42.6 Å². The number of aromatic nitrogens is 5. The van der Waals surface area contributed by atoms with E-state index < -0.39 is 65.7 Å². The zero-order valence-corrected chi connectivity index (χ0v) is 26.6. The number of aliphatic hydroxyl groups excluding tert-OH is 2. The van der Waals surface area contributed by atoms with Crippen molar-refractivity contribution >= 4 is 40.6 Å². The van der Waals surface area contributed by atoms with Gasteiger partial charge in [0.1, 0.15) is 18.3 Å². The molecule has 1 aromatic carbocycles. The Labute approximate surface area is 262 Å². The number of anilines is 1. The molecule has 0 aliphatic carbocycles. The molecule has 0 radical (unpaired) electrons. The number of nitrogens with zero attached hydrogens (tertiary/aromatic N) is 3. The van der Waals surface area contributed by atoms with E-state index >= 15 is 0 Å². The highest BCUT2D eigenvalue weighted by Gasteiger charge is 2.49. The van der Waals surface area contributed by atoms with E-state index in [1.807, 2.05) is 30.3 Å². The Balaban J connectivity index is 1.39. The Morgan fingerprint density at radius 2 is 1.64 bits per heavy atom. The number of nitrogen functional groups attached to an aromatic ring is 1. The van der Waals surface area contributed by atoms with Crippen LogP contribution in [0.3, 0.4) is 0 Å². The summed E-state index contributed by atoms with van der Waals surface area (Å²) in [5, 5.41) is 21.5. The van der Waals surface area contributed by atoms with Gasteiger partial charge in [0.05, 0.1) is 18.7 Å². The molecule has 1 saturated heterocycles. The first-order valence-electron chi connectivity index (χ1n) is 13.2. The van der Waals surface area contributed by atoms with Gasteiger partial charge in [-0.1, -0.05) is 35.3 Å². The summed E-state index contributed by atoms with van der Waals surface area (Å²) < 4.78 is 59.9. The van der Waals surface area contributed by atoms with Gasteiger partial charge in [0.2, 0.25) is 11.7 Å². The Hall–Kier alpha value is -3.39. The van der Waals surface area contributed by atoms with Gasteiger partial charge in [0, 0.05) is 12.8 Å². The minimum absolute atomic E-state index is 0.0973. The number of imidazole rings is 1. The van der Waals surface area contributed by atoms with Gasteiger partial charge in [-0.15, -0.1) is 0 Å². The fourth-order valence-electron chi connectivity index (χ4n) is 4.67. The molecule has 21 nitrogen and oxygen atoms in total. The largest absolute Gasteiger partial charge is 0.490 e. The van der Waals surface area contributed by atoms with Crippen LogP contribution in [-0.4, -0.2) is 76.4 Å². The maximum Gasteiger partial charge on any atom is 0.490 e. The van der Waals surface area contributed by atoms with Crippen LogP contribution < -0.4 is 21.4 Å². The number of benzene rings is 1. The van der Waals surface area contributed by atoms with E-state index in [1.165, 1.54) is 10.9 Å². The molecule has 0 saturated carbocycles. The van der Waals surface area contributed by atoms with Crippen molar-refractivity contribution in [3.05, 3.63) is 75.1 Å². The van der Waals surface area contributed by atoms with Crippen LogP contribution in [0.4, 0.5) is 5.95 Å². The molecule has 0 spiro atoms. The number of hydrogen-bond acceptors (Lipinski definition) is 14. The normalized spacial score (nSPS) is 23.7. The number of nitrogens with two attached hydrogens (primary N) is 1. The van der Waals surface area contributed by atoms with Gasteiger partial charge in [-0.3, -0.25) is 28.2 Å². The van der Waals surface area contributed by atoms with Gasteiger partial charge < -0.3 is 40.3 Å². The fraction of sp³-hybridized carbons (Fsp3) is 0.304. The third kappa shape index (κ3) is 7.85.